The summed E-state index contributed by atoms with van der Waals surface area (Å²) in [6.45, 7) is 8.52. The molecule has 0 saturated heterocycles. The minimum Gasteiger partial charge on any atom is -0.494 e. The summed E-state index contributed by atoms with van der Waals surface area (Å²) in [5.41, 5.74) is 4.00. The highest BCUT2D eigenvalue weighted by Crippen LogP contribution is 2.26. The number of ether oxygens (including phenoxy) is 1. The molecular formula is C19H24N2O2. The Hall–Kier alpha value is -2.49. The van der Waals surface area contributed by atoms with Crippen molar-refractivity contribution in [1.29, 1.82) is 0 Å². The normalized spacial score (nSPS) is 11.7. The van der Waals surface area contributed by atoms with Gasteiger partial charge in [0.1, 0.15) is 5.75 Å². The fraction of sp³-hybridized carbons (Fsp3) is 0.316. The van der Waals surface area contributed by atoms with Crippen molar-refractivity contribution in [3.63, 3.8) is 0 Å². The number of aryl methyl sites for hydroxylation is 2. The lowest BCUT2D eigenvalue weighted by Gasteiger charge is -2.19. The molecule has 0 aliphatic rings. The van der Waals surface area contributed by atoms with Crippen molar-refractivity contribution < 1.29 is 9.53 Å². The van der Waals surface area contributed by atoms with Crippen LogP contribution in [0.3, 0.4) is 0 Å². The molecule has 0 aliphatic heterocycles. The molecular weight excluding hydrogens is 288 g/mol. The van der Waals surface area contributed by atoms with Gasteiger partial charge < -0.3 is 15.4 Å². The van der Waals surface area contributed by atoms with Crippen molar-refractivity contribution in [2.75, 3.05) is 11.9 Å². The van der Waals surface area contributed by atoms with Gasteiger partial charge in [-0.1, -0.05) is 29.8 Å². The van der Waals surface area contributed by atoms with Gasteiger partial charge in [0, 0.05) is 11.3 Å². The van der Waals surface area contributed by atoms with Gasteiger partial charge >= 0.3 is 6.03 Å². The lowest BCUT2D eigenvalue weighted by molar-refractivity contribution is 0.249. The van der Waals surface area contributed by atoms with Crippen LogP contribution in [0, 0.1) is 13.8 Å². The van der Waals surface area contributed by atoms with E-state index in [1.54, 1.807) is 0 Å². The topological polar surface area (TPSA) is 50.4 Å². The Labute approximate surface area is 137 Å². The molecule has 0 saturated carbocycles. The number of urea groups is 1. The largest absolute Gasteiger partial charge is 0.494 e. The maximum Gasteiger partial charge on any atom is 0.319 e. The van der Waals surface area contributed by atoms with E-state index in [1.807, 2.05) is 70.2 Å². The van der Waals surface area contributed by atoms with Crippen LogP contribution in [0.15, 0.2) is 42.5 Å². The zero-order valence-corrected chi connectivity index (χ0v) is 14.1. The summed E-state index contributed by atoms with van der Waals surface area (Å²) in [5, 5.41) is 5.82. The predicted molar refractivity (Wildman–Crippen MR) is 94.1 cm³/mol. The third-order valence-electron chi connectivity index (χ3n) is 3.56. The Bertz CT molecular complexity index is 683. The van der Waals surface area contributed by atoms with Crippen molar-refractivity contribution in [3.8, 4) is 5.75 Å². The van der Waals surface area contributed by atoms with Gasteiger partial charge in [-0.3, -0.25) is 0 Å². The average Bonchev–Trinajstić information content (AvgIpc) is 2.49. The molecule has 4 nitrogen and oxygen atoms in total. The zero-order chi connectivity index (χ0) is 16.8. The molecule has 2 aromatic rings. The van der Waals surface area contributed by atoms with E-state index in [2.05, 4.69) is 10.6 Å². The van der Waals surface area contributed by atoms with E-state index in [0.29, 0.717) is 6.61 Å². The van der Waals surface area contributed by atoms with Crippen LogP contribution in [-0.2, 0) is 0 Å². The molecule has 0 fully saturated rings. The second-order valence-electron chi connectivity index (χ2n) is 5.66. The number of benzene rings is 2. The number of hydrogen-bond acceptors (Lipinski definition) is 2. The number of hydrogen-bond donors (Lipinski definition) is 2. The Morgan fingerprint density at radius 2 is 1.87 bits per heavy atom. The van der Waals surface area contributed by atoms with Crippen LogP contribution in [0.1, 0.15) is 36.6 Å². The molecule has 1 atom stereocenters. The lowest BCUT2D eigenvalue weighted by atomic mass is 10.0. The first-order valence-electron chi connectivity index (χ1n) is 7.87. The number of amides is 2. The van der Waals surface area contributed by atoms with Gasteiger partial charge in [-0.2, -0.15) is 0 Å². The van der Waals surface area contributed by atoms with Gasteiger partial charge in [-0.25, -0.2) is 4.79 Å². The molecule has 23 heavy (non-hydrogen) atoms. The van der Waals surface area contributed by atoms with Crippen molar-refractivity contribution in [2.45, 2.75) is 33.7 Å². The van der Waals surface area contributed by atoms with E-state index in [-0.39, 0.29) is 12.1 Å². The van der Waals surface area contributed by atoms with Crippen LogP contribution < -0.4 is 15.4 Å². The number of anilines is 1. The highest BCUT2D eigenvalue weighted by Gasteiger charge is 2.14. The first-order valence-corrected chi connectivity index (χ1v) is 7.87. The van der Waals surface area contributed by atoms with Gasteiger partial charge in [0.05, 0.1) is 12.6 Å². The minimum atomic E-state index is -0.230. The van der Waals surface area contributed by atoms with Crippen LogP contribution in [0.25, 0.3) is 0 Å². The highest BCUT2D eigenvalue weighted by atomic mass is 16.5. The van der Waals surface area contributed by atoms with Gasteiger partial charge in [-0.05, 0) is 51.5 Å². The third kappa shape index (κ3) is 4.74. The van der Waals surface area contributed by atoms with E-state index in [1.165, 1.54) is 0 Å². The quantitative estimate of drug-likeness (QED) is 0.848. The van der Waals surface area contributed by atoms with Crippen molar-refractivity contribution in [2.24, 2.45) is 0 Å². The van der Waals surface area contributed by atoms with Gasteiger partial charge in [-0.15, -0.1) is 0 Å². The second kappa shape index (κ2) is 7.68. The fourth-order valence-electron chi connectivity index (χ4n) is 2.46. The first kappa shape index (κ1) is 16.9. The zero-order valence-electron chi connectivity index (χ0n) is 14.1. The molecule has 122 valence electrons. The molecule has 0 bridgehead atoms. The molecule has 0 aliphatic carbocycles. The van der Waals surface area contributed by atoms with Gasteiger partial charge in [0.25, 0.3) is 0 Å². The SMILES string of the molecule is CCOc1ccc(C)cc1C(C)NC(=O)Nc1cccc(C)c1. The van der Waals surface area contributed by atoms with Crippen LogP contribution in [0.4, 0.5) is 10.5 Å². The monoisotopic (exact) mass is 312 g/mol. The van der Waals surface area contributed by atoms with E-state index in [9.17, 15) is 4.79 Å². The molecule has 0 aromatic heterocycles. The summed E-state index contributed by atoms with van der Waals surface area (Å²) < 4.78 is 5.66. The Balaban J connectivity index is 2.07. The summed E-state index contributed by atoms with van der Waals surface area (Å²) in [6.07, 6.45) is 0. The predicted octanol–water partition coefficient (Wildman–Crippen LogP) is 4.58. The van der Waals surface area contributed by atoms with Crippen molar-refractivity contribution in [3.05, 3.63) is 59.2 Å². The molecule has 2 N–H and O–H groups in total. The molecule has 2 aromatic carbocycles. The molecule has 4 heteroatoms. The Kier molecular flexibility index (Phi) is 5.63. The summed E-state index contributed by atoms with van der Waals surface area (Å²) in [6, 6.07) is 13.3. The lowest BCUT2D eigenvalue weighted by Crippen LogP contribution is -2.31. The van der Waals surface area contributed by atoms with Crippen molar-refractivity contribution in [1.82, 2.24) is 5.32 Å². The number of nitrogens with one attached hydrogen (secondary N) is 2. The number of carbonyl (C=O) groups excluding carboxylic acids is 1. The molecule has 0 heterocycles. The highest BCUT2D eigenvalue weighted by molar-refractivity contribution is 5.89. The summed E-state index contributed by atoms with van der Waals surface area (Å²) >= 11 is 0. The summed E-state index contributed by atoms with van der Waals surface area (Å²) in [7, 11) is 0. The molecule has 1 unspecified atom stereocenters. The maximum absolute atomic E-state index is 12.2. The van der Waals surface area contributed by atoms with Crippen LogP contribution >= 0.6 is 0 Å². The van der Waals surface area contributed by atoms with Crippen LogP contribution in [0.5, 0.6) is 5.75 Å². The van der Waals surface area contributed by atoms with Crippen LogP contribution in [-0.4, -0.2) is 12.6 Å². The number of carbonyl (C=O) groups is 1. The maximum atomic E-state index is 12.2. The first-order chi connectivity index (χ1) is 11.0. The molecule has 0 radical (unpaired) electrons. The van der Waals surface area contributed by atoms with E-state index < -0.39 is 0 Å². The fourth-order valence-corrected chi connectivity index (χ4v) is 2.46. The molecule has 2 amide bonds. The van der Waals surface area contributed by atoms with Gasteiger partial charge in [0.2, 0.25) is 0 Å². The van der Waals surface area contributed by atoms with Gasteiger partial charge in [0.15, 0.2) is 0 Å². The van der Waals surface area contributed by atoms with Crippen LogP contribution in [0.2, 0.25) is 0 Å². The van der Waals surface area contributed by atoms with Crippen molar-refractivity contribution >= 4 is 11.7 Å². The average molecular weight is 312 g/mol. The second-order valence-corrected chi connectivity index (χ2v) is 5.66. The third-order valence-corrected chi connectivity index (χ3v) is 3.56. The van der Waals surface area contributed by atoms with E-state index >= 15 is 0 Å². The number of rotatable bonds is 5. The minimum absolute atomic E-state index is 0.152. The Morgan fingerprint density at radius 1 is 1.13 bits per heavy atom. The Morgan fingerprint density at radius 3 is 2.57 bits per heavy atom. The standard InChI is InChI=1S/C19H24N2O2/c1-5-23-18-10-9-14(3)12-17(18)15(4)20-19(22)21-16-8-6-7-13(2)11-16/h6-12,15H,5H2,1-4H3,(H2,20,21,22). The van der Waals surface area contributed by atoms with E-state index in [4.69, 9.17) is 4.74 Å². The summed E-state index contributed by atoms with van der Waals surface area (Å²) in [5.74, 6) is 0.807. The smallest absolute Gasteiger partial charge is 0.319 e. The summed E-state index contributed by atoms with van der Waals surface area (Å²) in [4.78, 5) is 12.2. The molecule has 2 rings (SSSR count). The molecule has 0 spiro atoms. The van der Waals surface area contributed by atoms with E-state index in [0.717, 1.165) is 28.1 Å².